The van der Waals surface area contributed by atoms with Gasteiger partial charge in [-0.05, 0) is 37.5 Å². The van der Waals surface area contributed by atoms with Crippen LogP contribution in [0.25, 0.3) is 0 Å². The lowest BCUT2D eigenvalue weighted by Gasteiger charge is -2.12. The van der Waals surface area contributed by atoms with Crippen LogP contribution in [0.3, 0.4) is 0 Å². The Hall–Kier alpha value is -0.910. The van der Waals surface area contributed by atoms with Crippen molar-refractivity contribution in [2.24, 2.45) is 0 Å². The molecule has 0 atom stereocenters. The molecule has 1 aliphatic rings. The minimum atomic E-state index is -3.41. The van der Waals surface area contributed by atoms with Gasteiger partial charge in [0.2, 0.25) is 10.0 Å². The Kier molecular flexibility index (Phi) is 2.77. The zero-order valence-electron chi connectivity index (χ0n) is 9.10. The van der Waals surface area contributed by atoms with Crippen LogP contribution in [0.5, 0.6) is 0 Å². The number of nitrogens with one attached hydrogen (secondary N) is 1. The van der Waals surface area contributed by atoms with Crippen LogP contribution in [0.15, 0.2) is 29.2 Å². The molecule has 88 valence electrons. The number of aliphatic hydroxyl groups is 1. The first kappa shape index (κ1) is 11.6. The smallest absolute Gasteiger partial charge is 0.241 e. The third-order valence-electron chi connectivity index (χ3n) is 2.80. The maximum Gasteiger partial charge on any atom is 0.241 e. The lowest BCUT2D eigenvalue weighted by molar-refractivity contribution is 0.282. The van der Waals surface area contributed by atoms with Crippen molar-refractivity contribution in [1.29, 1.82) is 0 Å². The first-order valence-corrected chi connectivity index (χ1v) is 6.67. The van der Waals surface area contributed by atoms with Crippen molar-refractivity contribution in [3.8, 4) is 0 Å². The second-order valence-electron chi connectivity index (χ2n) is 4.47. The van der Waals surface area contributed by atoms with Gasteiger partial charge in [0.15, 0.2) is 0 Å². The molecule has 0 saturated heterocycles. The minimum absolute atomic E-state index is 0.0779. The molecule has 0 unspecified atom stereocenters. The molecule has 1 saturated carbocycles. The molecule has 2 N–H and O–H groups in total. The van der Waals surface area contributed by atoms with Crippen molar-refractivity contribution in [2.45, 2.75) is 36.8 Å². The summed E-state index contributed by atoms with van der Waals surface area (Å²) in [4.78, 5) is 0.248. The zero-order valence-corrected chi connectivity index (χ0v) is 9.92. The fourth-order valence-corrected chi connectivity index (χ4v) is 2.91. The van der Waals surface area contributed by atoms with E-state index >= 15 is 0 Å². The van der Waals surface area contributed by atoms with E-state index in [-0.39, 0.29) is 17.0 Å². The summed E-state index contributed by atoms with van der Waals surface area (Å²) >= 11 is 0. The van der Waals surface area contributed by atoms with Gasteiger partial charge in [-0.25, -0.2) is 13.1 Å². The normalized spacial score (nSPS) is 18.4. The summed E-state index contributed by atoms with van der Waals surface area (Å²) in [5, 5.41) is 8.86. The molecule has 5 heteroatoms. The monoisotopic (exact) mass is 241 g/mol. The van der Waals surface area contributed by atoms with Gasteiger partial charge in [0.05, 0.1) is 11.5 Å². The van der Waals surface area contributed by atoms with Gasteiger partial charge >= 0.3 is 0 Å². The largest absolute Gasteiger partial charge is 0.392 e. The predicted molar refractivity (Wildman–Crippen MR) is 60.3 cm³/mol. The average molecular weight is 241 g/mol. The van der Waals surface area contributed by atoms with Crippen LogP contribution in [-0.4, -0.2) is 19.1 Å². The maximum absolute atomic E-state index is 11.9. The molecule has 1 fully saturated rings. The van der Waals surface area contributed by atoms with E-state index in [9.17, 15) is 8.42 Å². The maximum atomic E-state index is 11.9. The van der Waals surface area contributed by atoms with Crippen LogP contribution in [0.4, 0.5) is 0 Å². The topological polar surface area (TPSA) is 66.4 Å². The fraction of sp³-hybridized carbons (Fsp3) is 0.455. The molecule has 1 aromatic rings. The van der Waals surface area contributed by atoms with Crippen LogP contribution >= 0.6 is 0 Å². The van der Waals surface area contributed by atoms with Crippen LogP contribution in [0.1, 0.15) is 25.3 Å². The van der Waals surface area contributed by atoms with Crippen LogP contribution in [0, 0.1) is 0 Å². The number of rotatable bonds is 4. The van der Waals surface area contributed by atoms with Gasteiger partial charge in [-0.2, -0.15) is 0 Å². The van der Waals surface area contributed by atoms with Gasteiger partial charge < -0.3 is 5.11 Å². The summed E-state index contributed by atoms with van der Waals surface area (Å²) in [7, 11) is -3.41. The van der Waals surface area contributed by atoms with E-state index in [1.165, 1.54) is 12.1 Å². The Labute approximate surface area is 95.4 Å². The number of hydrogen-bond acceptors (Lipinski definition) is 3. The van der Waals surface area contributed by atoms with Crippen molar-refractivity contribution in [3.63, 3.8) is 0 Å². The molecule has 16 heavy (non-hydrogen) atoms. The van der Waals surface area contributed by atoms with Gasteiger partial charge in [-0.15, -0.1) is 0 Å². The van der Waals surface area contributed by atoms with Gasteiger partial charge in [0, 0.05) is 5.54 Å². The first-order chi connectivity index (χ1) is 7.45. The molecule has 2 rings (SSSR count). The van der Waals surface area contributed by atoms with Crippen molar-refractivity contribution >= 4 is 10.0 Å². The number of aliphatic hydroxyl groups excluding tert-OH is 1. The molecule has 0 radical (unpaired) electrons. The van der Waals surface area contributed by atoms with Gasteiger partial charge in [0.1, 0.15) is 0 Å². The lowest BCUT2D eigenvalue weighted by atomic mass is 10.2. The highest BCUT2D eigenvalue weighted by Crippen LogP contribution is 2.35. The molecular weight excluding hydrogens is 226 g/mol. The van der Waals surface area contributed by atoms with Crippen molar-refractivity contribution in [2.75, 3.05) is 0 Å². The molecule has 0 spiro atoms. The summed E-state index contributed by atoms with van der Waals surface area (Å²) in [6, 6.07) is 6.26. The highest BCUT2D eigenvalue weighted by atomic mass is 32.2. The molecular formula is C11H15NO3S. The SMILES string of the molecule is CC1(NS(=O)(=O)c2ccc(CO)cc2)CC1. The Morgan fingerprint density at radius 3 is 2.31 bits per heavy atom. The quantitative estimate of drug-likeness (QED) is 0.826. The van der Waals surface area contributed by atoms with Crippen LogP contribution in [-0.2, 0) is 16.6 Å². The van der Waals surface area contributed by atoms with Gasteiger partial charge in [0.25, 0.3) is 0 Å². The summed E-state index contributed by atoms with van der Waals surface area (Å²) in [5.41, 5.74) is 0.450. The molecule has 0 heterocycles. The summed E-state index contributed by atoms with van der Waals surface area (Å²) in [6.07, 6.45) is 1.78. The minimum Gasteiger partial charge on any atom is -0.392 e. The van der Waals surface area contributed by atoms with E-state index in [2.05, 4.69) is 4.72 Å². The predicted octanol–water partition coefficient (Wildman–Crippen LogP) is 1.01. The molecule has 0 bridgehead atoms. The first-order valence-electron chi connectivity index (χ1n) is 5.19. The third kappa shape index (κ3) is 2.42. The second-order valence-corrected chi connectivity index (χ2v) is 6.15. The number of benzene rings is 1. The second kappa shape index (κ2) is 3.84. The van der Waals surface area contributed by atoms with Crippen molar-refractivity contribution in [3.05, 3.63) is 29.8 Å². The number of hydrogen-bond donors (Lipinski definition) is 2. The van der Waals surface area contributed by atoms with E-state index in [0.717, 1.165) is 12.8 Å². The fourth-order valence-electron chi connectivity index (χ4n) is 1.45. The highest BCUT2D eigenvalue weighted by Gasteiger charge is 2.41. The average Bonchev–Trinajstić information content (AvgIpc) is 2.95. The molecule has 0 aliphatic heterocycles. The lowest BCUT2D eigenvalue weighted by Crippen LogP contribution is -2.34. The van der Waals surface area contributed by atoms with E-state index in [1.807, 2.05) is 6.92 Å². The summed E-state index contributed by atoms with van der Waals surface area (Å²) in [5.74, 6) is 0. The molecule has 4 nitrogen and oxygen atoms in total. The molecule has 0 aromatic heterocycles. The third-order valence-corrected chi connectivity index (χ3v) is 4.45. The van der Waals surface area contributed by atoms with E-state index in [4.69, 9.17) is 5.11 Å². The molecule has 1 aliphatic carbocycles. The van der Waals surface area contributed by atoms with Crippen LogP contribution in [0.2, 0.25) is 0 Å². The van der Waals surface area contributed by atoms with E-state index in [0.29, 0.717) is 5.56 Å². The molecule has 1 aromatic carbocycles. The summed E-state index contributed by atoms with van der Waals surface area (Å²) in [6.45, 7) is 1.82. The molecule has 0 amide bonds. The van der Waals surface area contributed by atoms with E-state index in [1.54, 1.807) is 12.1 Å². The van der Waals surface area contributed by atoms with E-state index < -0.39 is 10.0 Å². The Balaban J connectivity index is 2.21. The Bertz CT molecular complexity index is 474. The van der Waals surface area contributed by atoms with Crippen molar-refractivity contribution in [1.82, 2.24) is 4.72 Å². The number of sulfonamides is 1. The standard InChI is InChI=1S/C11H15NO3S/c1-11(6-7-11)12-16(14,15)10-4-2-9(8-13)3-5-10/h2-5,12-13H,6-8H2,1H3. The van der Waals surface area contributed by atoms with Gasteiger partial charge in [-0.3, -0.25) is 0 Å². The van der Waals surface area contributed by atoms with Crippen LogP contribution < -0.4 is 4.72 Å². The highest BCUT2D eigenvalue weighted by molar-refractivity contribution is 7.89. The summed E-state index contributed by atoms with van der Waals surface area (Å²) < 4.78 is 26.5. The zero-order chi connectivity index (χ0) is 11.8. The van der Waals surface area contributed by atoms with Crippen molar-refractivity contribution < 1.29 is 13.5 Å². The Morgan fingerprint density at radius 2 is 1.88 bits per heavy atom. The Morgan fingerprint density at radius 1 is 1.31 bits per heavy atom. The van der Waals surface area contributed by atoms with Gasteiger partial charge in [-0.1, -0.05) is 12.1 Å².